The lowest BCUT2D eigenvalue weighted by molar-refractivity contribution is -0.116. The second-order valence-electron chi connectivity index (χ2n) is 4.37. The molecule has 0 unspecified atom stereocenters. The van der Waals surface area contributed by atoms with Gasteiger partial charge in [-0.3, -0.25) is 4.79 Å². The Kier molecular flexibility index (Phi) is 3.43. The van der Waals surface area contributed by atoms with Gasteiger partial charge in [-0.25, -0.2) is 4.98 Å². The van der Waals surface area contributed by atoms with Crippen LogP contribution in [0.5, 0.6) is 0 Å². The van der Waals surface area contributed by atoms with E-state index in [0.29, 0.717) is 6.42 Å². The lowest BCUT2D eigenvalue weighted by Gasteiger charge is -2.00. The Morgan fingerprint density at radius 3 is 3.17 bits per heavy atom. The molecule has 0 saturated carbocycles. The fourth-order valence-electron chi connectivity index (χ4n) is 2.12. The van der Waals surface area contributed by atoms with Crippen molar-refractivity contribution in [2.75, 3.05) is 5.32 Å². The van der Waals surface area contributed by atoms with Crippen LogP contribution < -0.4 is 5.32 Å². The van der Waals surface area contributed by atoms with Gasteiger partial charge in [-0.15, -0.1) is 22.7 Å². The van der Waals surface area contributed by atoms with E-state index < -0.39 is 0 Å². The molecule has 0 bridgehead atoms. The predicted octanol–water partition coefficient (Wildman–Crippen LogP) is 3.26. The van der Waals surface area contributed by atoms with E-state index in [2.05, 4.69) is 16.4 Å². The number of carbonyl (C=O) groups is 1. The maximum absolute atomic E-state index is 11.8. The number of hydrogen-bond acceptors (Lipinski definition) is 4. The van der Waals surface area contributed by atoms with Crippen molar-refractivity contribution in [3.63, 3.8) is 0 Å². The van der Waals surface area contributed by atoms with Crippen LogP contribution in [0.2, 0.25) is 0 Å². The Labute approximate surface area is 114 Å². The average molecular weight is 278 g/mol. The van der Waals surface area contributed by atoms with E-state index in [1.807, 2.05) is 11.4 Å². The molecule has 3 nitrogen and oxygen atoms in total. The molecule has 1 aliphatic rings. The van der Waals surface area contributed by atoms with Gasteiger partial charge in [0, 0.05) is 16.2 Å². The summed E-state index contributed by atoms with van der Waals surface area (Å²) < 4.78 is 0. The van der Waals surface area contributed by atoms with Gasteiger partial charge in [0.2, 0.25) is 5.91 Å². The van der Waals surface area contributed by atoms with Crippen molar-refractivity contribution in [3.8, 4) is 0 Å². The summed E-state index contributed by atoms with van der Waals surface area (Å²) in [6, 6.07) is 4.08. The third-order valence-electron chi connectivity index (χ3n) is 3.02. The number of thiazole rings is 1. The molecule has 1 N–H and O–H groups in total. The van der Waals surface area contributed by atoms with Gasteiger partial charge < -0.3 is 5.32 Å². The fourth-order valence-corrected chi connectivity index (χ4v) is 3.89. The topological polar surface area (TPSA) is 42.0 Å². The number of thiophene rings is 1. The van der Waals surface area contributed by atoms with Crippen LogP contribution in [0, 0.1) is 0 Å². The first-order valence-electron chi connectivity index (χ1n) is 6.12. The Morgan fingerprint density at radius 1 is 1.44 bits per heavy atom. The minimum Gasteiger partial charge on any atom is -0.302 e. The van der Waals surface area contributed by atoms with E-state index >= 15 is 0 Å². The van der Waals surface area contributed by atoms with Crippen LogP contribution in [0.15, 0.2) is 17.5 Å². The summed E-state index contributed by atoms with van der Waals surface area (Å²) in [7, 11) is 0. The number of anilines is 1. The van der Waals surface area contributed by atoms with Gasteiger partial charge >= 0.3 is 0 Å². The number of amides is 1. The molecular weight excluding hydrogens is 264 g/mol. The molecule has 0 saturated heterocycles. The number of nitrogens with one attached hydrogen (secondary N) is 1. The first kappa shape index (κ1) is 11.9. The summed E-state index contributed by atoms with van der Waals surface area (Å²) >= 11 is 3.33. The van der Waals surface area contributed by atoms with Crippen LogP contribution in [-0.2, 0) is 24.1 Å². The molecule has 1 amide bonds. The van der Waals surface area contributed by atoms with Crippen LogP contribution in [0.4, 0.5) is 5.13 Å². The number of carbonyl (C=O) groups excluding carboxylic acids is 1. The second kappa shape index (κ2) is 5.20. The minimum atomic E-state index is 0.0656. The Hall–Kier alpha value is -1.20. The van der Waals surface area contributed by atoms with Gasteiger partial charge in [-0.05, 0) is 37.1 Å². The molecule has 0 radical (unpaired) electrons. The highest BCUT2D eigenvalue weighted by Gasteiger charge is 2.17. The molecule has 0 spiro atoms. The second-order valence-corrected chi connectivity index (χ2v) is 6.49. The van der Waals surface area contributed by atoms with Crippen molar-refractivity contribution in [3.05, 3.63) is 33.0 Å². The number of hydrogen-bond donors (Lipinski definition) is 1. The molecule has 2 aromatic rings. The highest BCUT2D eigenvalue weighted by atomic mass is 32.1. The molecule has 1 aliphatic carbocycles. The smallest absolute Gasteiger partial charge is 0.226 e. The van der Waals surface area contributed by atoms with Crippen LogP contribution in [0.1, 0.15) is 28.3 Å². The first-order chi connectivity index (χ1) is 8.81. The van der Waals surface area contributed by atoms with E-state index in [9.17, 15) is 4.79 Å². The van der Waals surface area contributed by atoms with E-state index in [0.717, 1.165) is 24.4 Å². The molecule has 0 aliphatic heterocycles. The number of rotatable bonds is 4. The van der Waals surface area contributed by atoms with Gasteiger partial charge in [0.25, 0.3) is 0 Å². The number of nitrogens with zero attached hydrogens (tertiary/aromatic N) is 1. The summed E-state index contributed by atoms with van der Waals surface area (Å²) in [6.45, 7) is 0. The van der Waals surface area contributed by atoms with Gasteiger partial charge in [-0.1, -0.05) is 6.07 Å². The normalized spacial score (nSPS) is 13.6. The molecule has 3 rings (SSSR count). The van der Waals surface area contributed by atoms with Gasteiger partial charge in [0.15, 0.2) is 5.13 Å². The SMILES string of the molecule is O=C(CCc1cccs1)Nc1nc2c(s1)CCC2. The summed E-state index contributed by atoms with van der Waals surface area (Å²) in [5, 5.41) is 5.72. The predicted molar refractivity (Wildman–Crippen MR) is 75.4 cm³/mol. The van der Waals surface area contributed by atoms with Gasteiger partial charge in [0.05, 0.1) is 5.69 Å². The fraction of sp³-hybridized carbons (Fsp3) is 0.385. The zero-order valence-electron chi connectivity index (χ0n) is 9.94. The van der Waals surface area contributed by atoms with Gasteiger partial charge in [0.1, 0.15) is 0 Å². The third-order valence-corrected chi connectivity index (χ3v) is 5.03. The zero-order valence-corrected chi connectivity index (χ0v) is 11.6. The molecule has 0 atom stereocenters. The van der Waals surface area contributed by atoms with Crippen molar-refractivity contribution in [2.45, 2.75) is 32.1 Å². The minimum absolute atomic E-state index is 0.0656. The largest absolute Gasteiger partial charge is 0.302 e. The molecule has 5 heteroatoms. The molecular formula is C13H14N2OS2. The van der Waals surface area contributed by atoms with E-state index in [-0.39, 0.29) is 5.91 Å². The van der Waals surface area contributed by atoms with Crippen molar-refractivity contribution in [1.82, 2.24) is 4.98 Å². The number of aryl methyl sites for hydroxylation is 3. The van der Waals surface area contributed by atoms with Crippen molar-refractivity contribution < 1.29 is 4.79 Å². The molecule has 0 aromatic carbocycles. The Balaban J connectivity index is 1.54. The first-order valence-corrected chi connectivity index (χ1v) is 7.82. The number of fused-ring (bicyclic) bond motifs is 1. The summed E-state index contributed by atoms with van der Waals surface area (Å²) in [5.74, 6) is 0.0656. The standard InChI is InChI=1S/C13H14N2OS2/c16-12(7-6-9-3-2-8-17-9)15-13-14-10-4-1-5-11(10)18-13/h2-3,8H,1,4-7H2,(H,14,15,16). The highest BCUT2D eigenvalue weighted by molar-refractivity contribution is 7.15. The van der Waals surface area contributed by atoms with Crippen LogP contribution in [0.3, 0.4) is 0 Å². The Bertz CT molecular complexity index is 524. The van der Waals surface area contributed by atoms with Crippen LogP contribution in [0.25, 0.3) is 0 Å². The maximum atomic E-state index is 11.8. The van der Waals surface area contributed by atoms with Crippen molar-refractivity contribution in [2.24, 2.45) is 0 Å². The molecule has 0 fully saturated rings. The summed E-state index contributed by atoms with van der Waals surface area (Å²) in [5.41, 5.74) is 1.19. The molecule has 2 aromatic heterocycles. The molecule has 18 heavy (non-hydrogen) atoms. The maximum Gasteiger partial charge on any atom is 0.226 e. The van der Waals surface area contributed by atoms with Crippen molar-refractivity contribution in [1.29, 1.82) is 0 Å². The van der Waals surface area contributed by atoms with Gasteiger partial charge in [-0.2, -0.15) is 0 Å². The molecule has 94 valence electrons. The zero-order chi connectivity index (χ0) is 12.4. The summed E-state index contributed by atoms with van der Waals surface area (Å²) in [6.07, 6.45) is 4.75. The van der Waals surface area contributed by atoms with E-state index in [1.54, 1.807) is 22.7 Å². The Morgan fingerprint density at radius 2 is 2.39 bits per heavy atom. The quantitative estimate of drug-likeness (QED) is 0.932. The highest BCUT2D eigenvalue weighted by Crippen LogP contribution is 2.30. The lowest BCUT2D eigenvalue weighted by atomic mass is 10.2. The van der Waals surface area contributed by atoms with E-state index in [1.165, 1.54) is 21.9 Å². The molecule has 2 heterocycles. The average Bonchev–Trinajstić information content (AvgIpc) is 3.01. The van der Waals surface area contributed by atoms with Crippen molar-refractivity contribution >= 4 is 33.7 Å². The van der Waals surface area contributed by atoms with E-state index in [4.69, 9.17) is 0 Å². The monoisotopic (exact) mass is 278 g/mol. The third kappa shape index (κ3) is 2.62. The summed E-state index contributed by atoms with van der Waals surface area (Å²) in [4.78, 5) is 18.9. The number of aromatic nitrogens is 1. The van der Waals surface area contributed by atoms with Crippen LogP contribution >= 0.6 is 22.7 Å². The van der Waals surface area contributed by atoms with Crippen LogP contribution in [-0.4, -0.2) is 10.9 Å². The lowest BCUT2D eigenvalue weighted by Crippen LogP contribution is -2.11.